The van der Waals surface area contributed by atoms with E-state index in [9.17, 15) is 15.0 Å². The van der Waals surface area contributed by atoms with E-state index in [0.717, 1.165) is 66.0 Å². The van der Waals surface area contributed by atoms with Crippen molar-refractivity contribution in [3.8, 4) is 0 Å². The van der Waals surface area contributed by atoms with E-state index in [1.165, 1.54) is 0 Å². The van der Waals surface area contributed by atoms with Crippen LogP contribution in [0.25, 0.3) is 12.2 Å². The average Bonchev–Trinajstić information content (AvgIpc) is 2.84. The van der Waals surface area contributed by atoms with Gasteiger partial charge in [0.25, 0.3) is 0 Å². The van der Waals surface area contributed by atoms with E-state index < -0.39 is 0 Å². The van der Waals surface area contributed by atoms with Crippen LogP contribution in [0, 0.1) is 0 Å². The van der Waals surface area contributed by atoms with E-state index in [2.05, 4.69) is 23.6 Å². The lowest BCUT2D eigenvalue weighted by molar-refractivity contribution is -0.112. The molecule has 0 spiro atoms. The summed E-state index contributed by atoms with van der Waals surface area (Å²) in [5, 5.41) is 18.5. The quantitative estimate of drug-likeness (QED) is 0.523. The Hall–Kier alpha value is -2.89. The molecular weight excluding hydrogens is 412 g/mol. The lowest BCUT2D eigenvalue weighted by atomic mass is 9.87. The number of likely N-dealkylation sites (N-methyl/N-ethyl adjacent to an activating group) is 2. The standard InChI is InChI=1S/C28H36N2O3/c1-3-29(16-18-31)26-12-8-22(9-13-26)20-24-6-5-7-25(28(24)33)21-23-10-14-27(15-11-23)30(4-2)17-19-32/h8-15,20-21,31-32H,3-7,16-19H2,1-2H3. The first-order valence-electron chi connectivity index (χ1n) is 12.0. The molecule has 0 unspecified atom stereocenters. The molecule has 1 fully saturated rings. The van der Waals surface area contributed by atoms with E-state index in [1.807, 2.05) is 60.7 Å². The second-order valence-electron chi connectivity index (χ2n) is 8.31. The maximum absolute atomic E-state index is 13.1. The number of anilines is 2. The van der Waals surface area contributed by atoms with Crippen molar-refractivity contribution in [2.75, 3.05) is 49.2 Å². The van der Waals surface area contributed by atoms with Crippen LogP contribution in [0.15, 0.2) is 59.7 Å². The molecule has 2 aromatic carbocycles. The molecule has 0 heterocycles. The summed E-state index contributed by atoms with van der Waals surface area (Å²) in [5.41, 5.74) is 5.92. The third-order valence-electron chi connectivity index (χ3n) is 6.18. The Morgan fingerprint density at radius 3 is 1.45 bits per heavy atom. The minimum absolute atomic E-state index is 0.130. The molecule has 0 amide bonds. The highest BCUT2D eigenvalue weighted by Crippen LogP contribution is 2.29. The third kappa shape index (κ3) is 6.56. The van der Waals surface area contributed by atoms with Gasteiger partial charge in [-0.1, -0.05) is 24.3 Å². The van der Waals surface area contributed by atoms with Gasteiger partial charge >= 0.3 is 0 Å². The number of hydrogen-bond donors (Lipinski definition) is 2. The second-order valence-corrected chi connectivity index (χ2v) is 8.31. The fraction of sp³-hybridized carbons (Fsp3) is 0.393. The number of carbonyl (C=O) groups is 1. The van der Waals surface area contributed by atoms with Crippen LogP contribution < -0.4 is 9.80 Å². The highest BCUT2D eigenvalue weighted by Gasteiger charge is 2.20. The molecular formula is C28H36N2O3. The van der Waals surface area contributed by atoms with Gasteiger partial charge in [-0.2, -0.15) is 0 Å². The molecule has 5 nitrogen and oxygen atoms in total. The van der Waals surface area contributed by atoms with Crippen LogP contribution in [0.1, 0.15) is 44.2 Å². The van der Waals surface area contributed by atoms with E-state index >= 15 is 0 Å². The zero-order valence-electron chi connectivity index (χ0n) is 19.8. The van der Waals surface area contributed by atoms with Crippen molar-refractivity contribution in [1.82, 2.24) is 0 Å². The second kappa shape index (κ2) is 12.4. The summed E-state index contributed by atoms with van der Waals surface area (Å²) < 4.78 is 0. The maximum atomic E-state index is 13.1. The molecule has 1 aliphatic carbocycles. The summed E-state index contributed by atoms with van der Waals surface area (Å²) >= 11 is 0. The molecule has 2 aromatic rings. The Balaban J connectivity index is 1.74. The van der Waals surface area contributed by atoms with E-state index in [-0.39, 0.29) is 19.0 Å². The zero-order valence-corrected chi connectivity index (χ0v) is 19.8. The minimum Gasteiger partial charge on any atom is -0.395 e. The molecule has 1 saturated carbocycles. The Kier molecular flexibility index (Phi) is 9.28. The van der Waals surface area contributed by atoms with Gasteiger partial charge in [0.15, 0.2) is 5.78 Å². The number of benzene rings is 2. The number of aliphatic hydroxyl groups is 2. The van der Waals surface area contributed by atoms with E-state index in [4.69, 9.17) is 0 Å². The van der Waals surface area contributed by atoms with Crippen molar-refractivity contribution < 1.29 is 15.0 Å². The lowest BCUT2D eigenvalue weighted by Gasteiger charge is -2.22. The molecule has 5 heteroatoms. The molecule has 33 heavy (non-hydrogen) atoms. The normalized spacial score (nSPS) is 16.4. The summed E-state index contributed by atoms with van der Waals surface area (Å²) in [6.45, 7) is 7.31. The fourth-order valence-corrected chi connectivity index (χ4v) is 4.32. The smallest absolute Gasteiger partial charge is 0.185 e. The topological polar surface area (TPSA) is 64.0 Å². The van der Waals surface area contributed by atoms with Gasteiger partial charge in [-0.25, -0.2) is 0 Å². The summed E-state index contributed by atoms with van der Waals surface area (Å²) in [6.07, 6.45) is 6.60. The van der Waals surface area contributed by atoms with Crippen LogP contribution in [0.5, 0.6) is 0 Å². The van der Waals surface area contributed by atoms with Crippen LogP contribution in [0.3, 0.4) is 0 Å². The maximum Gasteiger partial charge on any atom is 0.185 e. The first kappa shape index (κ1) is 24.7. The van der Waals surface area contributed by atoms with Crippen molar-refractivity contribution in [3.63, 3.8) is 0 Å². The highest BCUT2D eigenvalue weighted by atomic mass is 16.3. The number of allylic oxidation sites excluding steroid dienone is 2. The molecule has 0 aromatic heterocycles. The van der Waals surface area contributed by atoms with Crippen LogP contribution >= 0.6 is 0 Å². The number of hydrogen-bond acceptors (Lipinski definition) is 5. The number of nitrogens with zero attached hydrogens (tertiary/aromatic N) is 2. The lowest BCUT2D eigenvalue weighted by Crippen LogP contribution is -2.25. The third-order valence-corrected chi connectivity index (χ3v) is 6.18. The van der Waals surface area contributed by atoms with Crippen molar-refractivity contribution in [2.45, 2.75) is 33.1 Å². The van der Waals surface area contributed by atoms with Gasteiger partial charge in [-0.15, -0.1) is 0 Å². The largest absolute Gasteiger partial charge is 0.395 e. The first-order chi connectivity index (χ1) is 16.1. The first-order valence-corrected chi connectivity index (χ1v) is 12.0. The van der Waals surface area contributed by atoms with Crippen LogP contribution in [0.4, 0.5) is 11.4 Å². The SMILES string of the molecule is CCN(CCO)c1ccc(C=C2CCCC(=Cc3ccc(N(CC)CCO)cc3)C2=O)cc1. The summed E-state index contributed by atoms with van der Waals surface area (Å²) in [4.78, 5) is 17.4. The van der Waals surface area contributed by atoms with Crippen LogP contribution in [-0.2, 0) is 4.79 Å². The summed E-state index contributed by atoms with van der Waals surface area (Å²) in [7, 11) is 0. The predicted molar refractivity (Wildman–Crippen MR) is 138 cm³/mol. The van der Waals surface area contributed by atoms with Gasteiger partial charge in [0.2, 0.25) is 0 Å². The molecule has 0 aliphatic heterocycles. The monoisotopic (exact) mass is 448 g/mol. The number of rotatable bonds is 10. The number of ketones is 1. The summed E-state index contributed by atoms with van der Waals surface area (Å²) in [6, 6.07) is 16.4. The van der Waals surface area contributed by atoms with Gasteiger partial charge in [0, 0.05) is 48.7 Å². The van der Waals surface area contributed by atoms with E-state index in [0.29, 0.717) is 13.1 Å². The van der Waals surface area contributed by atoms with Crippen LogP contribution in [-0.4, -0.2) is 55.4 Å². The van der Waals surface area contributed by atoms with Crippen LogP contribution in [0.2, 0.25) is 0 Å². The van der Waals surface area contributed by atoms with Gasteiger partial charge in [-0.3, -0.25) is 4.79 Å². The van der Waals surface area contributed by atoms with Crippen molar-refractivity contribution in [2.24, 2.45) is 0 Å². The van der Waals surface area contributed by atoms with Crippen molar-refractivity contribution in [3.05, 3.63) is 70.8 Å². The van der Waals surface area contributed by atoms with Crippen molar-refractivity contribution in [1.29, 1.82) is 0 Å². The molecule has 1 aliphatic rings. The molecule has 0 radical (unpaired) electrons. The number of aliphatic hydroxyl groups excluding tert-OH is 2. The minimum atomic E-state index is 0.130. The Labute approximate surface area is 197 Å². The Morgan fingerprint density at radius 2 is 1.12 bits per heavy atom. The van der Waals surface area contributed by atoms with Gasteiger partial charge in [0.05, 0.1) is 13.2 Å². The zero-order chi connectivity index (χ0) is 23.6. The van der Waals surface area contributed by atoms with Crippen molar-refractivity contribution >= 4 is 29.3 Å². The van der Waals surface area contributed by atoms with Gasteiger partial charge < -0.3 is 20.0 Å². The summed E-state index contributed by atoms with van der Waals surface area (Å²) in [5.74, 6) is 0.139. The molecule has 0 bridgehead atoms. The Morgan fingerprint density at radius 1 is 0.727 bits per heavy atom. The average molecular weight is 449 g/mol. The molecule has 0 atom stereocenters. The van der Waals surface area contributed by atoms with Gasteiger partial charge in [0.1, 0.15) is 0 Å². The predicted octanol–water partition coefficient (Wildman–Crippen LogP) is 4.54. The molecule has 3 rings (SSSR count). The fourth-order valence-electron chi connectivity index (χ4n) is 4.32. The van der Waals surface area contributed by atoms with Gasteiger partial charge in [-0.05, 0) is 80.7 Å². The Bertz CT molecular complexity index is 884. The molecule has 2 N–H and O–H groups in total. The highest BCUT2D eigenvalue weighted by molar-refractivity contribution is 6.14. The number of Topliss-reactive ketones (excluding diaryl/α,β-unsaturated/α-hetero) is 1. The van der Waals surface area contributed by atoms with E-state index in [1.54, 1.807) is 0 Å². The molecule has 0 saturated heterocycles. The molecule has 176 valence electrons. The number of carbonyl (C=O) groups excluding carboxylic acids is 1.